The van der Waals surface area contributed by atoms with E-state index >= 15 is 0 Å². The Kier molecular flexibility index (Phi) is 6.76. The van der Waals surface area contributed by atoms with Crippen LogP contribution in [0.1, 0.15) is 25.3 Å². The van der Waals surface area contributed by atoms with Crippen LogP contribution < -0.4 is 11.1 Å². The SMILES string of the molecule is CCCC(N)C(=O)Nc1cc(C)ccc1F.Cl. The third-order valence-electron chi connectivity index (χ3n) is 2.32. The zero-order chi connectivity index (χ0) is 12.1. The van der Waals surface area contributed by atoms with Gasteiger partial charge in [-0.25, -0.2) is 4.39 Å². The summed E-state index contributed by atoms with van der Waals surface area (Å²) in [6.45, 7) is 3.78. The number of hydrogen-bond donors (Lipinski definition) is 2. The fourth-order valence-electron chi connectivity index (χ4n) is 1.40. The van der Waals surface area contributed by atoms with Crippen LogP contribution in [0.15, 0.2) is 18.2 Å². The smallest absolute Gasteiger partial charge is 0.241 e. The first-order valence-corrected chi connectivity index (χ1v) is 5.37. The van der Waals surface area contributed by atoms with Crippen LogP contribution in [-0.2, 0) is 4.79 Å². The summed E-state index contributed by atoms with van der Waals surface area (Å²) in [5.41, 5.74) is 6.71. The van der Waals surface area contributed by atoms with Gasteiger partial charge in [-0.3, -0.25) is 4.79 Å². The molecule has 0 fully saturated rings. The molecule has 0 bridgehead atoms. The second-order valence-electron chi connectivity index (χ2n) is 3.87. The molecule has 96 valence electrons. The molecule has 0 aliphatic rings. The molecule has 1 atom stereocenters. The predicted molar refractivity (Wildman–Crippen MR) is 69.9 cm³/mol. The lowest BCUT2D eigenvalue weighted by Crippen LogP contribution is -2.35. The highest BCUT2D eigenvalue weighted by atomic mass is 35.5. The number of aryl methyl sites for hydroxylation is 1. The minimum atomic E-state index is -0.579. The highest BCUT2D eigenvalue weighted by Gasteiger charge is 2.14. The highest BCUT2D eigenvalue weighted by Crippen LogP contribution is 2.15. The van der Waals surface area contributed by atoms with E-state index in [1.807, 2.05) is 13.8 Å². The zero-order valence-corrected chi connectivity index (χ0v) is 10.8. The summed E-state index contributed by atoms with van der Waals surface area (Å²) >= 11 is 0. The lowest BCUT2D eigenvalue weighted by atomic mass is 10.1. The molecule has 3 nitrogen and oxygen atoms in total. The molecule has 0 aromatic heterocycles. The molecule has 3 N–H and O–H groups in total. The van der Waals surface area contributed by atoms with Crippen LogP contribution >= 0.6 is 12.4 Å². The summed E-state index contributed by atoms with van der Waals surface area (Å²) in [6, 6.07) is 3.99. The molecule has 0 radical (unpaired) electrons. The van der Waals surface area contributed by atoms with E-state index in [2.05, 4.69) is 5.32 Å². The Morgan fingerprint density at radius 3 is 2.76 bits per heavy atom. The van der Waals surface area contributed by atoms with Crippen molar-refractivity contribution in [1.29, 1.82) is 0 Å². The molecule has 17 heavy (non-hydrogen) atoms. The third-order valence-corrected chi connectivity index (χ3v) is 2.32. The van der Waals surface area contributed by atoms with Crippen molar-refractivity contribution >= 4 is 24.0 Å². The zero-order valence-electron chi connectivity index (χ0n) is 10.00. The molecule has 1 amide bonds. The molecule has 0 saturated heterocycles. The first kappa shape index (κ1) is 15.9. The Balaban J connectivity index is 0.00000256. The molecule has 0 spiro atoms. The van der Waals surface area contributed by atoms with Crippen molar-refractivity contribution in [2.75, 3.05) is 5.32 Å². The molecular formula is C12H18ClFN2O. The average Bonchev–Trinajstić information content (AvgIpc) is 2.23. The first-order chi connectivity index (χ1) is 7.54. The van der Waals surface area contributed by atoms with Crippen molar-refractivity contribution in [2.45, 2.75) is 32.7 Å². The molecule has 0 heterocycles. The average molecular weight is 261 g/mol. The Hall–Kier alpha value is -1.13. The normalized spacial score (nSPS) is 11.5. The third kappa shape index (κ3) is 4.71. The Morgan fingerprint density at radius 2 is 2.18 bits per heavy atom. The van der Waals surface area contributed by atoms with Crippen LogP contribution in [0.25, 0.3) is 0 Å². The minimum Gasteiger partial charge on any atom is -0.322 e. The number of hydrogen-bond acceptors (Lipinski definition) is 2. The molecule has 0 aliphatic heterocycles. The molecular weight excluding hydrogens is 243 g/mol. The standard InChI is InChI=1S/C12H17FN2O.ClH/c1-3-4-10(14)12(16)15-11-7-8(2)5-6-9(11)13;/h5-7,10H,3-4,14H2,1-2H3,(H,15,16);1H. The van der Waals surface area contributed by atoms with Gasteiger partial charge < -0.3 is 11.1 Å². The summed E-state index contributed by atoms with van der Waals surface area (Å²) in [4.78, 5) is 11.6. The molecule has 0 aliphatic carbocycles. The van der Waals surface area contributed by atoms with Gasteiger partial charge in [-0.1, -0.05) is 19.4 Å². The van der Waals surface area contributed by atoms with Crippen molar-refractivity contribution in [3.63, 3.8) is 0 Å². The van der Waals surface area contributed by atoms with Gasteiger partial charge in [-0.2, -0.15) is 0 Å². The number of nitrogens with two attached hydrogens (primary N) is 1. The maximum absolute atomic E-state index is 13.3. The summed E-state index contributed by atoms with van der Waals surface area (Å²) in [6.07, 6.45) is 1.42. The van der Waals surface area contributed by atoms with Gasteiger partial charge in [-0.05, 0) is 31.0 Å². The number of benzene rings is 1. The Bertz CT molecular complexity index is 385. The lowest BCUT2D eigenvalue weighted by Gasteiger charge is -2.12. The van der Waals surface area contributed by atoms with Gasteiger partial charge in [0.25, 0.3) is 0 Å². The number of rotatable bonds is 4. The fraction of sp³-hybridized carbons (Fsp3) is 0.417. The number of carbonyl (C=O) groups is 1. The van der Waals surface area contributed by atoms with Gasteiger partial charge in [0.15, 0.2) is 0 Å². The van der Waals surface area contributed by atoms with Gasteiger partial charge >= 0.3 is 0 Å². The van der Waals surface area contributed by atoms with E-state index in [9.17, 15) is 9.18 Å². The fourth-order valence-corrected chi connectivity index (χ4v) is 1.40. The molecule has 1 rings (SSSR count). The monoisotopic (exact) mass is 260 g/mol. The number of nitrogens with one attached hydrogen (secondary N) is 1. The van der Waals surface area contributed by atoms with Crippen molar-refractivity contribution in [1.82, 2.24) is 0 Å². The van der Waals surface area contributed by atoms with Crippen LogP contribution in [0.3, 0.4) is 0 Å². The first-order valence-electron chi connectivity index (χ1n) is 5.37. The molecule has 1 aromatic carbocycles. The molecule has 5 heteroatoms. The van der Waals surface area contributed by atoms with Crippen LogP contribution in [0, 0.1) is 12.7 Å². The summed E-state index contributed by atoms with van der Waals surface area (Å²) in [7, 11) is 0. The quantitative estimate of drug-likeness (QED) is 0.874. The van der Waals surface area contributed by atoms with E-state index in [1.165, 1.54) is 6.07 Å². The summed E-state index contributed by atoms with van der Waals surface area (Å²) in [5, 5.41) is 2.50. The predicted octanol–water partition coefficient (Wildman–Crippen LogP) is 2.62. The molecule has 1 unspecified atom stereocenters. The van der Waals surface area contributed by atoms with Crippen LogP contribution in [0.2, 0.25) is 0 Å². The maximum Gasteiger partial charge on any atom is 0.241 e. The Labute approximate surface area is 107 Å². The Morgan fingerprint density at radius 1 is 1.53 bits per heavy atom. The minimum absolute atomic E-state index is 0. The second kappa shape index (κ2) is 7.25. The number of amides is 1. The molecule has 0 saturated carbocycles. The van der Waals surface area contributed by atoms with E-state index in [0.717, 1.165) is 12.0 Å². The van der Waals surface area contributed by atoms with E-state index in [-0.39, 0.29) is 24.0 Å². The summed E-state index contributed by atoms with van der Waals surface area (Å²) in [5.74, 6) is -0.783. The van der Waals surface area contributed by atoms with E-state index in [0.29, 0.717) is 6.42 Å². The largest absolute Gasteiger partial charge is 0.322 e. The second-order valence-corrected chi connectivity index (χ2v) is 3.87. The number of halogens is 2. The number of anilines is 1. The van der Waals surface area contributed by atoms with Gasteiger partial charge in [0.2, 0.25) is 5.91 Å². The van der Waals surface area contributed by atoms with E-state index < -0.39 is 11.9 Å². The van der Waals surface area contributed by atoms with E-state index in [4.69, 9.17) is 5.73 Å². The van der Waals surface area contributed by atoms with Crippen LogP contribution in [-0.4, -0.2) is 11.9 Å². The van der Waals surface area contributed by atoms with Gasteiger partial charge in [0, 0.05) is 0 Å². The summed E-state index contributed by atoms with van der Waals surface area (Å²) < 4.78 is 13.3. The lowest BCUT2D eigenvalue weighted by molar-refractivity contribution is -0.117. The van der Waals surface area contributed by atoms with Crippen molar-refractivity contribution in [3.05, 3.63) is 29.6 Å². The van der Waals surface area contributed by atoms with Gasteiger partial charge in [0.1, 0.15) is 5.82 Å². The van der Waals surface area contributed by atoms with E-state index in [1.54, 1.807) is 12.1 Å². The van der Waals surface area contributed by atoms with Crippen LogP contribution in [0.4, 0.5) is 10.1 Å². The molecule has 1 aromatic rings. The van der Waals surface area contributed by atoms with Crippen molar-refractivity contribution < 1.29 is 9.18 Å². The van der Waals surface area contributed by atoms with Gasteiger partial charge in [0.05, 0.1) is 11.7 Å². The van der Waals surface area contributed by atoms with Crippen molar-refractivity contribution in [2.24, 2.45) is 5.73 Å². The number of carbonyl (C=O) groups excluding carboxylic acids is 1. The van der Waals surface area contributed by atoms with Gasteiger partial charge in [-0.15, -0.1) is 12.4 Å². The van der Waals surface area contributed by atoms with Crippen LogP contribution in [0.5, 0.6) is 0 Å². The maximum atomic E-state index is 13.3. The topological polar surface area (TPSA) is 55.1 Å². The highest BCUT2D eigenvalue weighted by molar-refractivity contribution is 5.94. The van der Waals surface area contributed by atoms with Crippen molar-refractivity contribution in [3.8, 4) is 0 Å².